The predicted molar refractivity (Wildman–Crippen MR) is 82.7 cm³/mol. The molecule has 5 heteroatoms. The highest BCUT2D eigenvalue weighted by molar-refractivity contribution is 6.00. The molecule has 110 valence electrons. The molecule has 1 aliphatic rings. The molecule has 1 fully saturated rings. The monoisotopic (exact) mass is 285 g/mol. The standard InChI is InChI=1S/C16H19N3O2/c1-9-12-8-18-14(17)7-13(12)19(11-5-3-4-6-11)16(21)15(9)10(2)20/h7-8,11H,3-6H2,1-2H3,(H2,17,18). The van der Waals surface area contributed by atoms with Crippen LogP contribution in [0.1, 0.15) is 54.6 Å². The first kappa shape index (κ1) is 13.8. The zero-order chi connectivity index (χ0) is 15.1. The van der Waals surface area contributed by atoms with E-state index in [1.165, 1.54) is 6.92 Å². The topological polar surface area (TPSA) is 78.0 Å². The summed E-state index contributed by atoms with van der Waals surface area (Å²) in [5.74, 6) is 0.201. The maximum Gasteiger partial charge on any atom is 0.262 e. The van der Waals surface area contributed by atoms with Crippen LogP contribution in [0, 0.1) is 6.92 Å². The molecule has 1 saturated carbocycles. The highest BCUT2D eigenvalue weighted by Crippen LogP contribution is 2.32. The Morgan fingerprint density at radius 2 is 2.05 bits per heavy atom. The molecule has 0 amide bonds. The average molecular weight is 285 g/mol. The van der Waals surface area contributed by atoms with Gasteiger partial charge in [0.25, 0.3) is 5.56 Å². The number of anilines is 1. The molecule has 3 rings (SSSR count). The Kier molecular flexibility index (Phi) is 3.27. The van der Waals surface area contributed by atoms with Crippen molar-refractivity contribution in [3.63, 3.8) is 0 Å². The normalized spacial score (nSPS) is 15.7. The van der Waals surface area contributed by atoms with Gasteiger partial charge in [0.15, 0.2) is 5.78 Å². The van der Waals surface area contributed by atoms with Gasteiger partial charge in [-0.25, -0.2) is 4.98 Å². The van der Waals surface area contributed by atoms with Crippen LogP contribution in [0.3, 0.4) is 0 Å². The predicted octanol–water partition coefficient (Wildman–Crippen LogP) is 2.60. The fourth-order valence-electron chi connectivity index (χ4n) is 3.41. The molecule has 0 bridgehead atoms. The van der Waals surface area contributed by atoms with Crippen LogP contribution in [0.2, 0.25) is 0 Å². The van der Waals surface area contributed by atoms with E-state index in [9.17, 15) is 9.59 Å². The van der Waals surface area contributed by atoms with Gasteiger partial charge in [0.2, 0.25) is 0 Å². The molecule has 1 aliphatic carbocycles. The quantitative estimate of drug-likeness (QED) is 0.860. The van der Waals surface area contributed by atoms with Crippen molar-refractivity contribution in [2.75, 3.05) is 5.73 Å². The minimum Gasteiger partial charge on any atom is -0.384 e. The van der Waals surface area contributed by atoms with Gasteiger partial charge < -0.3 is 10.3 Å². The summed E-state index contributed by atoms with van der Waals surface area (Å²) >= 11 is 0. The Morgan fingerprint density at radius 3 is 2.67 bits per heavy atom. The molecule has 0 aromatic carbocycles. The molecule has 2 aromatic heterocycles. The first-order chi connectivity index (χ1) is 10.0. The van der Waals surface area contributed by atoms with E-state index < -0.39 is 0 Å². The van der Waals surface area contributed by atoms with Gasteiger partial charge in [0.1, 0.15) is 5.82 Å². The van der Waals surface area contributed by atoms with Crippen LogP contribution in [0.15, 0.2) is 17.1 Å². The summed E-state index contributed by atoms with van der Waals surface area (Å²) in [5, 5.41) is 0.834. The van der Waals surface area contributed by atoms with Crippen LogP contribution in [-0.4, -0.2) is 15.3 Å². The van der Waals surface area contributed by atoms with E-state index in [1.54, 1.807) is 23.8 Å². The number of pyridine rings is 2. The molecule has 0 unspecified atom stereocenters. The van der Waals surface area contributed by atoms with Gasteiger partial charge >= 0.3 is 0 Å². The van der Waals surface area contributed by atoms with Crippen LogP contribution in [0.4, 0.5) is 5.82 Å². The van der Waals surface area contributed by atoms with E-state index in [4.69, 9.17) is 5.73 Å². The number of ketones is 1. The van der Waals surface area contributed by atoms with Gasteiger partial charge in [-0.3, -0.25) is 9.59 Å². The van der Waals surface area contributed by atoms with Crippen LogP contribution < -0.4 is 11.3 Å². The van der Waals surface area contributed by atoms with Gasteiger partial charge in [0, 0.05) is 23.7 Å². The molecule has 2 heterocycles. The smallest absolute Gasteiger partial charge is 0.262 e. The van der Waals surface area contributed by atoms with Crippen molar-refractivity contribution in [2.24, 2.45) is 0 Å². The molecule has 0 saturated heterocycles. The van der Waals surface area contributed by atoms with E-state index in [2.05, 4.69) is 4.98 Å². The summed E-state index contributed by atoms with van der Waals surface area (Å²) in [4.78, 5) is 28.8. The van der Waals surface area contributed by atoms with Gasteiger partial charge in [-0.2, -0.15) is 0 Å². The summed E-state index contributed by atoms with van der Waals surface area (Å²) in [5.41, 5.74) is 7.38. The Bertz CT molecular complexity index is 786. The summed E-state index contributed by atoms with van der Waals surface area (Å²) in [6.45, 7) is 3.25. The third-order valence-corrected chi connectivity index (χ3v) is 4.42. The molecule has 2 N–H and O–H groups in total. The lowest BCUT2D eigenvalue weighted by atomic mass is 10.0. The summed E-state index contributed by atoms with van der Waals surface area (Å²) in [6.07, 6.45) is 5.83. The number of aromatic nitrogens is 2. The molecule has 0 atom stereocenters. The highest BCUT2D eigenvalue weighted by atomic mass is 16.1. The van der Waals surface area contributed by atoms with Crippen molar-refractivity contribution in [3.05, 3.63) is 33.7 Å². The second-order valence-corrected chi connectivity index (χ2v) is 5.80. The molecule has 5 nitrogen and oxygen atoms in total. The summed E-state index contributed by atoms with van der Waals surface area (Å²) < 4.78 is 1.77. The number of Topliss-reactive ketones (excluding diaryl/α,β-unsaturated/α-hetero) is 1. The van der Waals surface area contributed by atoms with Gasteiger partial charge in [0.05, 0.1) is 11.1 Å². The number of carbonyl (C=O) groups is 1. The number of nitrogens with zero attached hydrogens (tertiary/aromatic N) is 2. The number of aryl methyl sites for hydroxylation is 1. The van der Waals surface area contributed by atoms with Crippen molar-refractivity contribution < 1.29 is 4.79 Å². The molecular weight excluding hydrogens is 266 g/mol. The number of hydrogen-bond donors (Lipinski definition) is 1. The van der Waals surface area contributed by atoms with Crippen molar-refractivity contribution in [3.8, 4) is 0 Å². The van der Waals surface area contributed by atoms with Crippen molar-refractivity contribution in [1.82, 2.24) is 9.55 Å². The fourth-order valence-corrected chi connectivity index (χ4v) is 3.41. The SMILES string of the molecule is CC(=O)c1c(C)c2cnc(N)cc2n(C2CCCC2)c1=O. The number of carbonyl (C=O) groups excluding carboxylic acids is 1. The number of nitrogens with two attached hydrogens (primary N) is 1. The molecule has 2 aromatic rings. The molecule has 21 heavy (non-hydrogen) atoms. The highest BCUT2D eigenvalue weighted by Gasteiger charge is 2.24. The Balaban J connectivity index is 2.44. The number of hydrogen-bond acceptors (Lipinski definition) is 4. The zero-order valence-electron chi connectivity index (χ0n) is 12.3. The van der Waals surface area contributed by atoms with Crippen LogP contribution in [0.25, 0.3) is 10.9 Å². The van der Waals surface area contributed by atoms with E-state index >= 15 is 0 Å². The molecule has 0 radical (unpaired) electrons. The van der Waals surface area contributed by atoms with Gasteiger partial charge in [-0.15, -0.1) is 0 Å². The van der Waals surface area contributed by atoms with Crippen LogP contribution >= 0.6 is 0 Å². The van der Waals surface area contributed by atoms with Gasteiger partial charge in [-0.1, -0.05) is 12.8 Å². The van der Waals surface area contributed by atoms with Crippen molar-refractivity contribution in [2.45, 2.75) is 45.6 Å². The van der Waals surface area contributed by atoms with Gasteiger partial charge in [-0.05, 0) is 32.3 Å². The molecule has 0 aliphatic heterocycles. The summed E-state index contributed by atoms with van der Waals surface area (Å²) in [6, 6.07) is 1.90. The van der Waals surface area contributed by atoms with Crippen LogP contribution in [0.5, 0.6) is 0 Å². The minimum atomic E-state index is -0.192. The van der Waals surface area contributed by atoms with E-state index in [0.717, 1.165) is 36.6 Å². The minimum absolute atomic E-state index is 0.153. The zero-order valence-corrected chi connectivity index (χ0v) is 12.3. The second-order valence-electron chi connectivity index (χ2n) is 5.80. The molecular formula is C16H19N3O2. The number of fused-ring (bicyclic) bond motifs is 1. The Morgan fingerprint density at radius 1 is 1.38 bits per heavy atom. The number of rotatable bonds is 2. The lowest BCUT2D eigenvalue weighted by Crippen LogP contribution is -2.30. The maximum atomic E-state index is 12.8. The van der Waals surface area contributed by atoms with E-state index in [0.29, 0.717) is 11.4 Å². The van der Waals surface area contributed by atoms with E-state index in [1.807, 2.05) is 0 Å². The third-order valence-electron chi connectivity index (χ3n) is 4.42. The first-order valence-corrected chi connectivity index (χ1v) is 7.32. The van der Waals surface area contributed by atoms with Crippen LogP contribution in [-0.2, 0) is 0 Å². The Labute approximate surface area is 122 Å². The lowest BCUT2D eigenvalue weighted by Gasteiger charge is -2.20. The van der Waals surface area contributed by atoms with E-state index in [-0.39, 0.29) is 22.9 Å². The fraction of sp³-hybridized carbons (Fsp3) is 0.438. The Hall–Kier alpha value is -2.17. The lowest BCUT2D eigenvalue weighted by molar-refractivity contribution is 0.101. The average Bonchev–Trinajstić information content (AvgIpc) is 2.91. The first-order valence-electron chi connectivity index (χ1n) is 7.32. The van der Waals surface area contributed by atoms with Crippen molar-refractivity contribution >= 4 is 22.5 Å². The number of nitrogen functional groups attached to an aromatic ring is 1. The largest absolute Gasteiger partial charge is 0.384 e. The summed E-state index contributed by atoms with van der Waals surface area (Å²) in [7, 11) is 0. The molecule has 0 spiro atoms. The van der Waals surface area contributed by atoms with Crippen molar-refractivity contribution in [1.29, 1.82) is 0 Å². The maximum absolute atomic E-state index is 12.8. The second kappa shape index (κ2) is 4.98. The third kappa shape index (κ3) is 2.13.